The maximum Gasteiger partial charge on any atom is 0.283 e. The van der Waals surface area contributed by atoms with Crippen LogP contribution in [0.4, 0.5) is 15.8 Å². The third-order valence-corrected chi connectivity index (χ3v) is 5.77. The Balaban J connectivity index is 1.57. The Labute approximate surface area is 193 Å². The van der Waals surface area contributed by atoms with Crippen LogP contribution in [0.25, 0.3) is 6.08 Å². The lowest BCUT2D eigenvalue weighted by Gasteiger charge is -2.17. The maximum atomic E-state index is 13.4. The Hall–Kier alpha value is -3.42. The van der Waals surface area contributed by atoms with Gasteiger partial charge in [-0.25, -0.2) is 9.38 Å². The highest BCUT2D eigenvalue weighted by Gasteiger charge is 2.32. The van der Waals surface area contributed by atoms with Gasteiger partial charge in [0.15, 0.2) is 5.17 Å². The number of aliphatic imine (C=N–C) groups is 1. The van der Waals surface area contributed by atoms with E-state index in [-0.39, 0.29) is 23.3 Å². The number of rotatable bonds is 5. The number of anilines is 2. The molecule has 0 saturated heterocycles. The van der Waals surface area contributed by atoms with Crippen LogP contribution in [0, 0.1) is 5.82 Å². The molecule has 0 atom stereocenters. The molecular weight excluding hydrogens is 449 g/mol. The predicted molar refractivity (Wildman–Crippen MR) is 128 cm³/mol. The largest absolute Gasteiger partial charge is 0.324 e. The second-order valence-electron chi connectivity index (χ2n) is 6.77. The summed E-state index contributed by atoms with van der Waals surface area (Å²) in [6.07, 6.45) is 1.68. The molecule has 160 valence electrons. The summed E-state index contributed by atoms with van der Waals surface area (Å²) in [5.74, 6) is -1.05. The summed E-state index contributed by atoms with van der Waals surface area (Å²) in [5, 5.41) is 3.51. The van der Waals surface area contributed by atoms with E-state index in [1.807, 2.05) is 30.3 Å². The van der Waals surface area contributed by atoms with E-state index in [2.05, 4.69) is 10.3 Å². The van der Waals surface area contributed by atoms with Crippen LogP contribution in [0.1, 0.15) is 5.56 Å². The minimum atomic E-state index is -0.411. The second kappa shape index (κ2) is 9.80. The summed E-state index contributed by atoms with van der Waals surface area (Å²) in [7, 11) is 0. The van der Waals surface area contributed by atoms with Gasteiger partial charge in [0.25, 0.3) is 5.91 Å². The minimum absolute atomic E-state index is 0.00759. The molecule has 0 aromatic heterocycles. The van der Waals surface area contributed by atoms with Crippen LogP contribution in [-0.2, 0) is 9.59 Å². The summed E-state index contributed by atoms with van der Waals surface area (Å²) >= 11 is 7.20. The Morgan fingerprint density at radius 3 is 2.44 bits per heavy atom. The minimum Gasteiger partial charge on any atom is -0.324 e. The predicted octanol–water partition coefficient (Wildman–Crippen LogP) is 5.59. The summed E-state index contributed by atoms with van der Waals surface area (Å²) in [6, 6.07) is 21.8. The third kappa shape index (κ3) is 5.07. The summed E-state index contributed by atoms with van der Waals surface area (Å²) in [4.78, 5) is 31.4. The van der Waals surface area contributed by atoms with Crippen LogP contribution < -0.4 is 10.2 Å². The first-order valence-electron chi connectivity index (χ1n) is 9.64. The molecule has 0 fully saturated rings. The zero-order valence-electron chi connectivity index (χ0n) is 16.7. The fourth-order valence-electron chi connectivity index (χ4n) is 3.00. The Kier molecular flexibility index (Phi) is 6.68. The van der Waals surface area contributed by atoms with Gasteiger partial charge in [-0.15, -0.1) is 0 Å². The lowest BCUT2D eigenvalue weighted by molar-refractivity contribution is -0.114. The molecule has 32 heavy (non-hydrogen) atoms. The SMILES string of the molecule is O=C(CSC1=N/C(=C/c2ccccc2)C(=O)N1c1ccc(F)cc1)Nc1ccccc1Cl. The molecule has 1 aliphatic rings. The van der Waals surface area contributed by atoms with E-state index in [4.69, 9.17) is 11.6 Å². The molecule has 3 aromatic rings. The van der Waals surface area contributed by atoms with Crippen LogP contribution in [0.5, 0.6) is 0 Å². The van der Waals surface area contributed by atoms with Crippen molar-refractivity contribution in [3.05, 3.63) is 101 Å². The Morgan fingerprint density at radius 2 is 1.72 bits per heavy atom. The molecule has 3 aromatic carbocycles. The van der Waals surface area contributed by atoms with Crippen molar-refractivity contribution in [1.82, 2.24) is 0 Å². The summed E-state index contributed by atoms with van der Waals surface area (Å²) < 4.78 is 13.4. The Morgan fingerprint density at radius 1 is 1.03 bits per heavy atom. The number of amidine groups is 1. The normalized spacial score (nSPS) is 14.6. The number of nitrogens with zero attached hydrogens (tertiary/aromatic N) is 2. The average molecular weight is 466 g/mol. The van der Waals surface area contributed by atoms with Crippen molar-refractivity contribution in [3.63, 3.8) is 0 Å². The van der Waals surface area contributed by atoms with Gasteiger partial charge in [-0.1, -0.05) is 65.8 Å². The van der Waals surface area contributed by atoms with E-state index in [1.54, 1.807) is 30.3 Å². The van der Waals surface area contributed by atoms with Gasteiger partial charge in [0.1, 0.15) is 11.5 Å². The molecule has 0 bridgehead atoms. The lowest BCUT2D eigenvalue weighted by Crippen LogP contribution is -2.31. The number of para-hydroxylation sites is 1. The van der Waals surface area contributed by atoms with Crippen molar-refractivity contribution in [1.29, 1.82) is 0 Å². The molecule has 0 aliphatic carbocycles. The number of hydrogen-bond donors (Lipinski definition) is 1. The van der Waals surface area contributed by atoms with Gasteiger partial charge in [0.05, 0.1) is 22.2 Å². The molecule has 0 spiro atoms. The number of nitrogens with one attached hydrogen (secondary N) is 1. The standard InChI is InChI=1S/C24H17ClFN3O2S/c25-19-8-4-5-9-20(19)27-22(30)15-32-24-28-21(14-16-6-2-1-3-7-16)23(31)29(24)18-12-10-17(26)11-13-18/h1-14H,15H2,(H,27,30)/b21-14+. The first kappa shape index (κ1) is 21.8. The van der Waals surface area contributed by atoms with Crippen molar-refractivity contribution < 1.29 is 14.0 Å². The number of carbonyl (C=O) groups excluding carboxylic acids is 2. The smallest absolute Gasteiger partial charge is 0.283 e. The van der Waals surface area contributed by atoms with Gasteiger partial charge in [-0.2, -0.15) is 0 Å². The van der Waals surface area contributed by atoms with Crippen molar-refractivity contribution >= 4 is 57.8 Å². The third-order valence-electron chi connectivity index (χ3n) is 4.50. The fourth-order valence-corrected chi connectivity index (χ4v) is 3.99. The maximum absolute atomic E-state index is 13.4. The zero-order valence-corrected chi connectivity index (χ0v) is 18.2. The number of amides is 2. The average Bonchev–Trinajstić information content (AvgIpc) is 3.10. The van der Waals surface area contributed by atoms with E-state index < -0.39 is 5.82 Å². The molecular formula is C24H17ClFN3O2S. The monoisotopic (exact) mass is 465 g/mol. The van der Waals surface area contributed by atoms with Gasteiger partial charge in [0.2, 0.25) is 5.91 Å². The number of hydrogen-bond acceptors (Lipinski definition) is 4. The number of benzene rings is 3. The van der Waals surface area contributed by atoms with Crippen LogP contribution >= 0.6 is 23.4 Å². The van der Waals surface area contributed by atoms with Crippen LogP contribution in [-0.4, -0.2) is 22.7 Å². The Bertz CT molecular complexity index is 1210. The zero-order chi connectivity index (χ0) is 22.5. The second-order valence-corrected chi connectivity index (χ2v) is 8.12. The molecule has 8 heteroatoms. The van der Waals surface area contributed by atoms with Gasteiger partial charge in [-0.3, -0.25) is 14.5 Å². The van der Waals surface area contributed by atoms with Crippen LogP contribution in [0.15, 0.2) is 89.6 Å². The van der Waals surface area contributed by atoms with Crippen molar-refractivity contribution in [2.75, 3.05) is 16.0 Å². The van der Waals surface area contributed by atoms with Crippen LogP contribution in [0.2, 0.25) is 5.02 Å². The van der Waals surface area contributed by atoms with Gasteiger partial charge < -0.3 is 5.32 Å². The summed E-state index contributed by atoms with van der Waals surface area (Å²) in [5.41, 5.74) is 2.02. The molecule has 0 saturated carbocycles. The quantitative estimate of drug-likeness (QED) is 0.499. The summed E-state index contributed by atoms with van der Waals surface area (Å²) in [6.45, 7) is 0. The molecule has 1 N–H and O–H groups in total. The van der Waals surface area contributed by atoms with E-state index in [1.165, 1.54) is 29.2 Å². The molecule has 0 radical (unpaired) electrons. The lowest BCUT2D eigenvalue weighted by atomic mass is 10.2. The van der Waals surface area contributed by atoms with E-state index in [9.17, 15) is 14.0 Å². The van der Waals surface area contributed by atoms with Crippen molar-refractivity contribution in [3.8, 4) is 0 Å². The number of thioether (sulfide) groups is 1. The molecule has 5 nitrogen and oxygen atoms in total. The first-order valence-corrected chi connectivity index (χ1v) is 11.0. The van der Waals surface area contributed by atoms with E-state index in [0.29, 0.717) is 21.6 Å². The highest BCUT2D eigenvalue weighted by atomic mass is 35.5. The molecule has 1 heterocycles. The number of halogens is 2. The fraction of sp³-hybridized carbons (Fsp3) is 0.0417. The van der Waals surface area contributed by atoms with Gasteiger partial charge in [0, 0.05) is 0 Å². The van der Waals surface area contributed by atoms with Gasteiger partial charge >= 0.3 is 0 Å². The first-order chi connectivity index (χ1) is 15.5. The molecule has 2 amide bonds. The van der Waals surface area contributed by atoms with Crippen LogP contribution in [0.3, 0.4) is 0 Å². The molecule has 0 unspecified atom stereocenters. The van der Waals surface area contributed by atoms with E-state index >= 15 is 0 Å². The topological polar surface area (TPSA) is 61.8 Å². The molecule has 1 aliphatic heterocycles. The highest BCUT2D eigenvalue weighted by Crippen LogP contribution is 2.30. The van der Waals surface area contributed by atoms with E-state index in [0.717, 1.165) is 17.3 Å². The van der Waals surface area contributed by atoms with Crippen molar-refractivity contribution in [2.24, 2.45) is 4.99 Å². The van der Waals surface area contributed by atoms with Gasteiger partial charge in [-0.05, 0) is 48.0 Å². The van der Waals surface area contributed by atoms with Crippen molar-refractivity contribution in [2.45, 2.75) is 0 Å². The number of carbonyl (C=O) groups is 2. The highest BCUT2D eigenvalue weighted by molar-refractivity contribution is 8.14. The molecule has 4 rings (SSSR count).